The molecule has 0 saturated carbocycles. The van der Waals surface area contributed by atoms with E-state index in [1.807, 2.05) is 31.2 Å². The lowest BCUT2D eigenvalue weighted by Crippen LogP contribution is -2.17. The predicted octanol–water partition coefficient (Wildman–Crippen LogP) is 3.62. The van der Waals surface area contributed by atoms with Crippen molar-refractivity contribution in [2.24, 2.45) is 5.10 Å². The van der Waals surface area contributed by atoms with E-state index < -0.39 is 0 Å². The summed E-state index contributed by atoms with van der Waals surface area (Å²) in [7, 11) is 0. The van der Waals surface area contributed by atoms with E-state index in [9.17, 15) is 0 Å². The van der Waals surface area contributed by atoms with Crippen LogP contribution in [-0.4, -0.2) is 16.1 Å². The molecule has 0 unspecified atom stereocenters. The second-order valence-corrected chi connectivity index (χ2v) is 3.53. The minimum Gasteiger partial charge on any atom is -0.233 e. The first-order valence-corrected chi connectivity index (χ1v) is 5.40. The molecule has 80 valence electrons. The summed E-state index contributed by atoms with van der Waals surface area (Å²) in [4.78, 5) is 0. The maximum atomic E-state index is 5.81. The van der Waals surface area contributed by atoms with Crippen molar-refractivity contribution in [2.75, 3.05) is 5.88 Å². The topological polar surface area (TPSA) is 15.6 Å². The Kier molecular flexibility index (Phi) is 4.66. The smallest absolute Gasteiger partial charge is 0.150 e. The number of hydrogen-bond donors (Lipinski definition) is 0. The fourth-order valence-corrected chi connectivity index (χ4v) is 1.33. The summed E-state index contributed by atoms with van der Waals surface area (Å²) in [5, 5.41) is 6.26. The van der Waals surface area contributed by atoms with E-state index in [1.165, 1.54) is 0 Å². The van der Waals surface area contributed by atoms with Gasteiger partial charge in [0.2, 0.25) is 0 Å². The highest BCUT2D eigenvalue weighted by Gasteiger charge is 2.11. The Morgan fingerprint density at radius 1 is 1.60 bits per heavy atom. The van der Waals surface area contributed by atoms with Crippen LogP contribution >= 0.6 is 23.2 Å². The predicted molar refractivity (Wildman–Crippen MR) is 67.0 cm³/mol. The van der Waals surface area contributed by atoms with Crippen LogP contribution in [-0.2, 0) is 0 Å². The number of hydrogen-bond acceptors (Lipinski definition) is 2. The van der Waals surface area contributed by atoms with E-state index in [0.717, 1.165) is 11.4 Å². The Labute approximate surface area is 99.9 Å². The number of halogens is 2. The summed E-state index contributed by atoms with van der Waals surface area (Å²) in [6, 6.07) is 0. The SMILES string of the molecule is C=C1C=CC(Cl)=NN1C(=C\C)/C=C/CCl. The van der Waals surface area contributed by atoms with Gasteiger partial charge in [-0.2, -0.15) is 5.10 Å². The van der Waals surface area contributed by atoms with Gasteiger partial charge in [0, 0.05) is 5.88 Å². The van der Waals surface area contributed by atoms with Crippen LogP contribution in [0.3, 0.4) is 0 Å². The first-order chi connectivity index (χ1) is 7.19. The molecule has 0 saturated heterocycles. The van der Waals surface area contributed by atoms with Gasteiger partial charge in [-0.15, -0.1) is 11.6 Å². The molecule has 1 rings (SSSR count). The van der Waals surface area contributed by atoms with Crippen molar-refractivity contribution in [2.45, 2.75) is 6.92 Å². The Hall–Kier alpha value is -0.990. The Balaban J connectivity index is 2.91. The number of rotatable bonds is 3. The van der Waals surface area contributed by atoms with Crippen LogP contribution in [0.25, 0.3) is 0 Å². The van der Waals surface area contributed by atoms with Crippen molar-refractivity contribution >= 4 is 28.4 Å². The Morgan fingerprint density at radius 2 is 2.33 bits per heavy atom. The molecule has 0 bridgehead atoms. The van der Waals surface area contributed by atoms with Crippen LogP contribution in [0, 0.1) is 0 Å². The fourth-order valence-electron chi connectivity index (χ4n) is 1.11. The van der Waals surface area contributed by atoms with Gasteiger partial charge in [-0.25, -0.2) is 5.01 Å². The number of hydrazone groups is 1. The highest BCUT2D eigenvalue weighted by molar-refractivity contribution is 6.68. The first-order valence-electron chi connectivity index (χ1n) is 4.49. The second-order valence-electron chi connectivity index (χ2n) is 2.83. The van der Waals surface area contributed by atoms with Crippen molar-refractivity contribution in [3.8, 4) is 0 Å². The Morgan fingerprint density at radius 3 is 2.93 bits per heavy atom. The van der Waals surface area contributed by atoms with Crippen LogP contribution in [0.2, 0.25) is 0 Å². The molecular weight excluding hydrogens is 231 g/mol. The van der Waals surface area contributed by atoms with Crippen LogP contribution in [0.1, 0.15) is 6.92 Å². The summed E-state index contributed by atoms with van der Waals surface area (Å²) in [6.07, 6.45) is 9.16. The molecule has 0 aromatic heterocycles. The summed E-state index contributed by atoms with van der Waals surface area (Å²) >= 11 is 11.4. The van der Waals surface area contributed by atoms with Gasteiger partial charge < -0.3 is 0 Å². The maximum Gasteiger partial charge on any atom is 0.150 e. The zero-order valence-electron chi connectivity index (χ0n) is 8.45. The van der Waals surface area contributed by atoms with Crippen molar-refractivity contribution < 1.29 is 0 Å². The summed E-state index contributed by atoms with van der Waals surface area (Å²) in [5.74, 6) is 0.463. The normalized spacial score (nSPS) is 17.5. The Bertz CT molecular complexity index is 365. The zero-order valence-corrected chi connectivity index (χ0v) is 9.96. The molecule has 0 N–H and O–H groups in total. The van der Waals surface area contributed by atoms with E-state index in [4.69, 9.17) is 23.2 Å². The van der Waals surface area contributed by atoms with Crippen molar-refractivity contribution in [3.63, 3.8) is 0 Å². The maximum absolute atomic E-state index is 5.81. The van der Waals surface area contributed by atoms with Gasteiger partial charge in [-0.3, -0.25) is 0 Å². The minimum atomic E-state index is 0.432. The molecule has 0 aromatic carbocycles. The molecule has 1 aliphatic rings. The van der Waals surface area contributed by atoms with Crippen LogP contribution in [0.5, 0.6) is 0 Å². The first kappa shape index (κ1) is 12.1. The van der Waals surface area contributed by atoms with Crippen LogP contribution < -0.4 is 0 Å². The van der Waals surface area contributed by atoms with E-state index in [2.05, 4.69) is 11.7 Å². The molecule has 0 aromatic rings. The quantitative estimate of drug-likeness (QED) is 0.546. The molecule has 1 aliphatic heterocycles. The summed E-state index contributed by atoms with van der Waals surface area (Å²) in [6.45, 7) is 5.79. The number of nitrogens with zero attached hydrogens (tertiary/aromatic N) is 2. The van der Waals surface area contributed by atoms with E-state index in [-0.39, 0.29) is 0 Å². The lowest BCUT2D eigenvalue weighted by molar-refractivity contribution is 0.483. The number of allylic oxidation sites excluding steroid dienone is 5. The highest BCUT2D eigenvalue weighted by atomic mass is 35.5. The minimum absolute atomic E-state index is 0.432. The molecule has 0 spiro atoms. The average molecular weight is 243 g/mol. The lowest BCUT2D eigenvalue weighted by atomic mass is 10.3. The third-order valence-corrected chi connectivity index (χ3v) is 2.18. The van der Waals surface area contributed by atoms with Crippen molar-refractivity contribution in [3.05, 3.63) is 48.4 Å². The van der Waals surface area contributed by atoms with Gasteiger partial charge in [-0.1, -0.05) is 30.3 Å². The summed E-state index contributed by atoms with van der Waals surface area (Å²) in [5.41, 5.74) is 1.66. The molecular formula is C11H12Cl2N2. The third-order valence-electron chi connectivity index (χ3n) is 1.80. The van der Waals surface area contributed by atoms with Crippen LogP contribution in [0.4, 0.5) is 0 Å². The van der Waals surface area contributed by atoms with Crippen molar-refractivity contribution in [1.29, 1.82) is 0 Å². The van der Waals surface area contributed by atoms with Gasteiger partial charge in [0.25, 0.3) is 0 Å². The van der Waals surface area contributed by atoms with E-state index >= 15 is 0 Å². The molecule has 0 amide bonds. The molecule has 0 radical (unpaired) electrons. The van der Waals surface area contributed by atoms with Crippen molar-refractivity contribution in [1.82, 2.24) is 5.01 Å². The molecule has 1 heterocycles. The third kappa shape index (κ3) is 3.26. The van der Waals surface area contributed by atoms with E-state index in [1.54, 1.807) is 11.1 Å². The molecule has 0 aliphatic carbocycles. The summed E-state index contributed by atoms with van der Waals surface area (Å²) < 4.78 is 0. The molecule has 2 nitrogen and oxygen atoms in total. The number of alkyl halides is 1. The van der Waals surface area contributed by atoms with Gasteiger partial charge in [-0.05, 0) is 25.2 Å². The fraction of sp³-hybridized carbons (Fsp3) is 0.182. The monoisotopic (exact) mass is 242 g/mol. The molecule has 4 heteroatoms. The average Bonchev–Trinajstić information content (AvgIpc) is 2.24. The van der Waals surface area contributed by atoms with Gasteiger partial charge in [0.15, 0.2) is 0 Å². The highest BCUT2D eigenvalue weighted by Crippen LogP contribution is 2.19. The standard InChI is InChI=1S/C11H12Cl2N2/c1-3-10(5-4-8-12)15-9(2)6-7-11(13)14-15/h3-7H,2,8H2,1H3/b5-4+,10-3-. The van der Waals surface area contributed by atoms with Gasteiger partial charge in [0.1, 0.15) is 5.17 Å². The van der Waals surface area contributed by atoms with E-state index in [0.29, 0.717) is 11.1 Å². The van der Waals surface area contributed by atoms with Crippen LogP contribution in [0.15, 0.2) is 53.5 Å². The molecule has 0 fully saturated rings. The second kappa shape index (κ2) is 5.79. The molecule has 15 heavy (non-hydrogen) atoms. The van der Waals surface area contributed by atoms with Gasteiger partial charge >= 0.3 is 0 Å². The molecule has 0 atom stereocenters. The van der Waals surface area contributed by atoms with Gasteiger partial charge in [0.05, 0.1) is 11.4 Å². The zero-order chi connectivity index (χ0) is 11.3. The lowest BCUT2D eigenvalue weighted by Gasteiger charge is -2.22. The largest absolute Gasteiger partial charge is 0.233 e.